The van der Waals surface area contributed by atoms with Gasteiger partial charge in [-0.25, -0.2) is 4.98 Å². The molecule has 0 spiro atoms. The number of nitrogen functional groups attached to an aromatic ring is 1. The Morgan fingerprint density at radius 1 is 1.50 bits per heavy atom. The van der Waals surface area contributed by atoms with Crippen LogP contribution in [-0.4, -0.2) is 16.2 Å². The van der Waals surface area contributed by atoms with Crippen molar-refractivity contribution in [3.05, 3.63) is 18.2 Å². The molecule has 0 saturated carbocycles. The Bertz CT molecular complexity index is 408. The number of nitrogens with one attached hydrogen (secondary N) is 1. The lowest BCUT2D eigenvalue weighted by Crippen LogP contribution is -1.84. The van der Waals surface area contributed by atoms with E-state index in [0.29, 0.717) is 5.95 Å². The average Bonchev–Trinajstić information content (AvgIpc) is 2.43. The Hall–Kier alpha value is -1.16. The number of hydrogen-bond acceptors (Lipinski definition) is 3. The van der Waals surface area contributed by atoms with Crippen molar-refractivity contribution in [3.63, 3.8) is 0 Å². The largest absolute Gasteiger partial charge is 0.369 e. The highest BCUT2D eigenvalue weighted by atomic mass is 32.2. The van der Waals surface area contributed by atoms with E-state index in [1.165, 1.54) is 4.90 Å². The van der Waals surface area contributed by atoms with Crippen LogP contribution in [0.1, 0.15) is 0 Å². The van der Waals surface area contributed by atoms with Crippen LogP contribution in [0.2, 0.25) is 0 Å². The standard InChI is InChI=1S/C8H9N3S/c1-12-5-2-3-6-7(4-5)11-8(9)10-6/h2-4H,1H3,(H3,9,10,11). The van der Waals surface area contributed by atoms with Crippen molar-refractivity contribution >= 4 is 28.7 Å². The van der Waals surface area contributed by atoms with Crippen LogP contribution in [0, 0.1) is 0 Å². The number of imidazole rings is 1. The molecule has 0 bridgehead atoms. The quantitative estimate of drug-likeness (QED) is 0.657. The predicted molar refractivity (Wildman–Crippen MR) is 52.3 cm³/mol. The van der Waals surface area contributed by atoms with Gasteiger partial charge in [-0.3, -0.25) is 0 Å². The van der Waals surface area contributed by atoms with Crippen LogP contribution < -0.4 is 5.73 Å². The minimum absolute atomic E-state index is 0.475. The molecule has 0 aliphatic rings. The van der Waals surface area contributed by atoms with Crippen molar-refractivity contribution in [2.45, 2.75) is 4.90 Å². The van der Waals surface area contributed by atoms with E-state index in [1.807, 2.05) is 24.5 Å². The maximum atomic E-state index is 5.51. The summed E-state index contributed by atoms with van der Waals surface area (Å²) < 4.78 is 0. The third-order valence-electron chi connectivity index (χ3n) is 1.71. The third kappa shape index (κ3) is 1.14. The molecule has 0 saturated heterocycles. The summed E-state index contributed by atoms with van der Waals surface area (Å²) in [6.07, 6.45) is 2.04. The molecule has 1 heterocycles. The smallest absolute Gasteiger partial charge is 0.198 e. The topological polar surface area (TPSA) is 54.7 Å². The summed E-state index contributed by atoms with van der Waals surface area (Å²) in [4.78, 5) is 8.30. The van der Waals surface area contributed by atoms with Gasteiger partial charge in [0.25, 0.3) is 0 Å². The maximum absolute atomic E-state index is 5.51. The molecule has 1 aromatic carbocycles. The van der Waals surface area contributed by atoms with Crippen LogP contribution in [-0.2, 0) is 0 Å². The van der Waals surface area contributed by atoms with Gasteiger partial charge in [0, 0.05) is 4.90 Å². The number of nitrogens with zero attached hydrogens (tertiary/aromatic N) is 1. The number of anilines is 1. The SMILES string of the molecule is CSc1ccc2[nH]c(N)nc2c1. The van der Waals surface area contributed by atoms with E-state index >= 15 is 0 Å². The average molecular weight is 179 g/mol. The third-order valence-corrected chi connectivity index (χ3v) is 2.43. The molecular formula is C8H9N3S. The molecule has 62 valence electrons. The summed E-state index contributed by atoms with van der Waals surface area (Å²) in [6, 6.07) is 6.06. The second-order valence-electron chi connectivity index (χ2n) is 2.51. The molecule has 0 aliphatic carbocycles. The van der Waals surface area contributed by atoms with Crippen LogP contribution >= 0.6 is 11.8 Å². The first kappa shape index (κ1) is 7.49. The Morgan fingerprint density at radius 3 is 3.08 bits per heavy atom. The molecule has 0 atom stereocenters. The maximum Gasteiger partial charge on any atom is 0.198 e. The molecule has 3 N–H and O–H groups in total. The zero-order valence-corrected chi connectivity index (χ0v) is 7.48. The Labute approximate surface area is 74.4 Å². The molecule has 0 fully saturated rings. The minimum Gasteiger partial charge on any atom is -0.369 e. The second kappa shape index (κ2) is 2.71. The number of rotatable bonds is 1. The van der Waals surface area contributed by atoms with Gasteiger partial charge < -0.3 is 10.7 Å². The van der Waals surface area contributed by atoms with Gasteiger partial charge in [0.1, 0.15) is 0 Å². The lowest BCUT2D eigenvalue weighted by Gasteiger charge is -1.93. The fourth-order valence-corrected chi connectivity index (χ4v) is 1.57. The zero-order chi connectivity index (χ0) is 8.55. The van der Waals surface area contributed by atoms with E-state index < -0.39 is 0 Å². The predicted octanol–water partition coefficient (Wildman–Crippen LogP) is 1.87. The van der Waals surface area contributed by atoms with Crippen LogP contribution in [0.25, 0.3) is 11.0 Å². The van der Waals surface area contributed by atoms with E-state index in [4.69, 9.17) is 5.73 Å². The lowest BCUT2D eigenvalue weighted by molar-refractivity contribution is 1.35. The summed E-state index contributed by atoms with van der Waals surface area (Å²) in [7, 11) is 0. The first-order valence-electron chi connectivity index (χ1n) is 3.59. The van der Waals surface area contributed by atoms with E-state index in [2.05, 4.69) is 9.97 Å². The minimum atomic E-state index is 0.475. The van der Waals surface area contributed by atoms with Gasteiger partial charge in [0.2, 0.25) is 0 Å². The van der Waals surface area contributed by atoms with Gasteiger partial charge in [0.15, 0.2) is 5.95 Å². The van der Waals surface area contributed by atoms with Gasteiger partial charge in [-0.2, -0.15) is 0 Å². The highest BCUT2D eigenvalue weighted by Gasteiger charge is 1.99. The Balaban J connectivity index is 2.66. The van der Waals surface area contributed by atoms with Crippen molar-refractivity contribution < 1.29 is 0 Å². The van der Waals surface area contributed by atoms with Crippen molar-refractivity contribution in [3.8, 4) is 0 Å². The number of aromatic nitrogens is 2. The number of aromatic amines is 1. The molecule has 0 aliphatic heterocycles. The van der Waals surface area contributed by atoms with E-state index in [-0.39, 0.29) is 0 Å². The van der Waals surface area contributed by atoms with Gasteiger partial charge >= 0.3 is 0 Å². The molecule has 1 aromatic heterocycles. The van der Waals surface area contributed by atoms with Crippen LogP contribution in [0.5, 0.6) is 0 Å². The summed E-state index contributed by atoms with van der Waals surface area (Å²) in [5, 5.41) is 0. The first-order valence-corrected chi connectivity index (χ1v) is 4.81. The van der Waals surface area contributed by atoms with Crippen LogP contribution in [0.3, 0.4) is 0 Å². The number of benzene rings is 1. The van der Waals surface area contributed by atoms with E-state index in [0.717, 1.165) is 11.0 Å². The second-order valence-corrected chi connectivity index (χ2v) is 3.38. The Kier molecular flexibility index (Phi) is 1.69. The summed E-state index contributed by atoms with van der Waals surface area (Å²) in [6.45, 7) is 0. The number of fused-ring (bicyclic) bond motifs is 1. The van der Waals surface area contributed by atoms with Crippen molar-refractivity contribution in [2.24, 2.45) is 0 Å². The molecule has 2 aromatic rings. The fourth-order valence-electron chi connectivity index (χ4n) is 1.13. The zero-order valence-electron chi connectivity index (χ0n) is 6.66. The molecule has 0 radical (unpaired) electrons. The fraction of sp³-hybridized carbons (Fsp3) is 0.125. The van der Waals surface area contributed by atoms with Gasteiger partial charge in [-0.15, -0.1) is 11.8 Å². The lowest BCUT2D eigenvalue weighted by atomic mass is 10.3. The van der Waals surface area contributed by atoms with Crippen LogP contribution in [0.4, 0.5) is 5.95 Å². The van der Waals surface area contributed by atoms with E-state index in [9.17, 15) is 0 Å². The molecule has 4 heteroatoms. The highest BCUT2D eigenvalue weighted by molar-refractivity contribution is 7.98. The Morgan fingerprint density at radius 2 is 2.33 bits per heavy atom. The molecule has 0 amide bonds. The van der Waals surface area contributed by atoms with Gasteiger partial charge in [0.05, 0.1) is 11.0 Å². The number of nitrogens with two attached hydrogens (primary N) is 1. The number of thioether (sulfide) groups is 1. The normalized spacial score (nSPS) is 10.8. The molecule has 12 heavy (non-hydrogen) atoms. The molecule has 2 rings (SSSR count). The first-order chi connectivity index (χ1) is 5.79. The summed E-state index contributed by atoms with van der Waals surface area (Å²) in [5.74, 6) is 0.475. The van der Waals surface area contributed by atoms with Crippen LogP contribution in [0.15, 0.2) is 23.1 Å². The van der Waals surface area contributed by atoms with Crippen molar-refractivity contribution in [1.82, 2.24) is 9.97 Å². The molecule has 3 nitrogen and oxygen atoms in total. The highest BCUT2D eigenvalue weighted by Crippen LogP contribution is 2.20. The number of hydrogen-bond donors (Lipinski definition) is 2. The van der Waals surface area contributed by atoms with Crippen molar-refractivity contribution in [1.29, 1.82) is 0 Å². The van der Waals surface area contributed by atoms with Gasteiger partial charge in [-0.05, 0) is 24.5 Å². The molecule has 0 unspecified atom stereocenters. The number of H-pyrrole nitrogens is 1. The summed E-state index contributed by atoms with van der Waals surface area (Å²) in [5.41, 5.74) is 7.43. The van der Waals surface area contributed by atoms with Gasteiger partial charge in [-0.1, -0.05) is 0 Å². The monoisotopic (exact) mass is 179 g/mol. The molecular weight excluding hydrogens is 170 g/mol. The van der Waals surface area contributed by atoms with Crippen molar-refractivity contribution in [2.75, 3.05) is 12.0 Å². The van der Waals surface area contributed by atoms with E-state index in [1.54, 1.807) is 11.8 Å². The summed E-state index contributed by atoms with van der Waals surface area (Å²) >= 11 is 1.70.